The minimum atomic E-state index is -0.558. The molecule has 8 nitrogen and oxygen atoms in total. The summed E-state index contributed by atoms with van der Waals surface area (Å²) in [6.45, 7) is 10.2. The molecule has 0 aromatic carbocycles. The molecular formula is C25H45N5O3. The van der Waals surface area contributed by atoms with E-state index in [0.717, 1.165) is 64.9 Å². The molecule has 1 aliphatic carbocycles. The Morgan fingerprint density at radius 3 is 2.88 bits per heavy atom. The topological polar surface area (TPSA) is 91.5 Å². The second-order valence-electron chi connectivity index (χ2n) is 11.0. The second kappa shape index (κ2) is 11.4. The number of methoxy groups -OCH3 is 1. The molecule has 0 radical (unpaired) electrons. The molecule has 33 heavy (non-hydrogen) atoms. The normalized spacial score (nSPS) is 29.2. The number of aldehydes is 1. The first-order valence-corrected chi connectivity index (χ1v) is 12.5. The first-order chi connectivity index (χ1) is 15.8. The summed E-state index contributed by atoms with van der Waals surface area (Å²) in [6, 6.07) is 0. The highest BCUT2D eigenvalue weighted by Crippen LogP contribution is 2.57. The molecule has 1 saturated heterocycles. The van der Waals surface area contributed by atoms with Crippen LogP contribution < -0.4 is 10.6 Å². The van der Waals surface area contributed by atoms with E-state index in [4.69, 9.17) is 9.47 Å². The summed E-state index contributed by atoms with van der Waals surface area (Å²) in [7, 11) is 5.84. The van der Waals surface area contributed by atoms with Gasteiger partial charge in [-0.05, 0) is 58.2 Å². The molecule has 1 aromatic rings. The molecule has 0 bridgehead atoms. The van der Waals surface area contributed by atoms with Crippen molar-refractivity contribution in [3.8, 4) is 0 Å². The van der Waals surface area contributed by atoms with Gasteiger partial charge in [0.15, 0.2) is 0 Å². The van der Waals surface area contributed by atoms with E-state index in [0.29, 0.717) is 13.2 Å². The fourth-order valence-corrected chi connectivity index (χ4v) is 5.88. The summed E-state index contributed by atoms with van der Waals surface area (Å²) in [4.78, 5) is 15.2. The van der Waals surface area contributed by atoms with Crippen LogP contribution in [0.15, 0.2) is 6.20 Å². The van der Waals surface area contributed by atoms with Gasteiger partial charge in [0, 0.05) is 57.1 Å². The van der Waals surface area contributed by atoms with E-state index in [-0.39, 0.29) is 11.3 Å². The molecule has 1 aliphatic heterocycles. The third-order valence-electron chi connectivity index (χ3n) is 7.63. The first kappa shape index (κ1) is 26.3. The van der Waals surface area contributed by atoms with Gasteiger partial charge >= 0.3 is 0 Å². The number of aromatic nitrogens is 2. The van der Waals surface area contributed by atoms with Gasteiger partial charge in [-0.15, -0.1) is 0 Å². The number of likely N-dealkylation sites (N-methyl/N-ethyl adjacent to an activating group) is 2. The zero-order chi connectivity index (χ0) is 24.0. The summed E-state index contributed by atoms with van der Waals surface area (Å²) in [5.74, 6) is 0.268. The van der Waals surface area contributed by atoms with E-state index < -0.39 is 11.0 Å². The number of carbonyl (C=O) groups is 1. The van der Waals surface area contributed by atoms with Crippen molar-refractivity contribution in [3.05, 3.63) is 17.5 Å². The number of rotatable bonds is 13. The lowest BCUT2D eigenvalue weighted by atomic mass is 9.57. The zero-order valence-corrected chi connectivity index (χ0v) is 21.3. The van der Waals surface area contributed by atoms with Crippen molar-refractivity contribution >= 4 is 6.29 Å². The Bertz CT molecular complexity index is 754. The number of hydrogen-bond donors (Lipinski definition) is 3. The van der Waals surface area contributed by atoms with Crippen LogP contribution in [0, 0.1) is 10.8 Å². The number of ether oxygens (including phenoxy) is 2. The maximum atomic E-state index is 12.9. The standard InChI is InChI=1S/C25H45N5O3/c1-23(2)16-25(33-19-23)8-7-20(13-24(25,18-31)17-27-9-6-12-32-5)22-21(14-28-29-22)15-30(4)11-10-26-3/h14,18,20,26-27H,6-13,15-17,19H2,1-5H3,(H,28,29). The molecule has 1 aromatic heterocycles. The summed E-state index contributed by atoms with van der Waals surface area (Å²) in [6.07, 6.45) is 7.69. The average molecular weight is 464 g/mol. The third-order valence-corrected chi connectivity index (χ3v) is 7.63. The first-order valence-electron chi connectivity index (χ1n) is 12.5. The van der Waals surface area contributed by atoms with Crippen LogP contribution in [0.5, 0.6) is 0 Å². The lowest BCUT2D eigenvalue weighted by molar-refractivity contribution is -0.151. The highest BCUT2D eigenvalue weighted by molar-refractivity contribution is 5.63. The van der Waals surface area contributed by atoms with Crippen LogP contribution in [0.4, 0.5) is 0 Å². The van der Waals surface area contributed by atoms with Crippen LogP contribution in [-0.2, 0) is 20.8 Å². The molecule has 2 aliphatic rings. The van der Waals surface area contributed by atoms with Gasteiger partial charge in [0.2, 0.25) is 0 Å². The number of aromatic amines is 1. The van der Waals surface area contributed by atoms with Crippen LogP contribution in [0.2, 0.25) is 0 Å². The molecule has 0 amide bonds. The van der Waals surface area contributed by atoms with Gasteiger partial charge < -0.3 is 29.8 Å². The maximum Gasteiger partial charge on any atom is 0.130 e. The maximum absolute atomic E-state index is 12.9. The quantitative estimate of drug-likeness (QED) is 0.305. The predicted octanol–water partition coefficient (Wildman–Crippen LogP) is 2.33. The van der Waals surface area contributed by atoms with Crippen molar-refractivity contribution in [2.45, 2.75) is 64.0 Å². The summed E-state index contributed by atoms with van der Waals surface area (Å²) in [5, 5.41) is 14.5. The Balaban J connectivity index is 1.80. The largest absolute Gasteiger partial charge is 0.385 e. The fourth-order valence-electron chi connectivity index (χ4n) is 5.88. The van der Waals surface area contributed by atoms with Gasteiger partial charge in [-0.25, -0.2) is 0 Å². The van der Waals surface area contributed by atoms with Crippen molar-refractivity contribution in [1.82, 2.24) is 25.7 Å². The Kier molecular flexibility index (Phi) is 9.08. The van der Waals surface area contributed by atoms with Crippen molar-refractivity contribution in [2.75, 3.05) is 60.6 Å². The zero-order valence-electron chi connectivity index (χ0n) is 21.3. The van der Waals surface area contributed by atoms with Gasteiger partial charge in [-0.3, -0.25) is 5.10 Å². The molecule has 188 valence electrons. The number of nitrogens with zero attached hydrogens (tertiary/aromatic N) is 2. The summed E-state index contributed by atoms with van der Waals surface area (Å²) >= 11 is 0. The number of hydrogen-bond acceptors (Lipinski definition) is 7. The van der Waals surface area contributed by atoms with Gasteiger partial charge in [0.25, 0.3) is 0 Å². The van der Waals surface area contributed by atoms with E-state index in [9.17, 15) is 4.79 Å². The Hall–Kier alpha value is -1.32. The summed E-state index contributed by atoms with van der Waals surface area (Å²) in [5.41, 5.74) is 1.55. The minimum Gasteiger partial charge on any atom is -0.385 e. The van der Waals surface area contributed by atoms with Crippen LogP contribution in [-0.4, -0.2) is 87.6 Å². The van der Waals surface area contributed by atoms with Crippen molar-refractivity contribution < 1.29 is 14.3 Å². The second-order valence-corrected chi connectivity index (χ2v) is 11.0. The minimum absolute atomic E-state index is 0.0896. The van der Waals surface area contributed by atoms with Crippen LogP contribution >= 0.6 is 0 Å². The van der Waals surface area contributed by atoms with Crippen LogP contribution in [0.3, 0.4) is 0 Å². The smallest absolute Gasteiger partial charge is 0.130 e. The number of carbonyl (C=O) groups excluding carboxylic acids is 1. The molecular weight excluding hydrogens is 418 g/mol. The average Bonchev–Trinajstić information content (AvgIpc) is 3.37. The van der Waals surface area contributed by atoms with E-state index in [1.54, 1.807) is 7.11 Å². The van der Waals surface area contributed by atoms with Gasteiger partial charge in [0.05, 0.1) is 23.8 Å². The van der Waals surface area contributed by atoms with Crippen molar-refractivity contribution in [2.24, 2.45) is 10.8 Å². The number of H-pyrrole nitrogens is 1. The monoisotopic (exact) mass is 463 g/mol. The van der Waals surface area contributed by atoms with Crippen molar-refractivity contribution in [3.63, 3.8) is 0 Å². The molecule has 3 N–H and O–H groups in total. The van der Waals surface area contributed by atoms with Crippen molar-refractivity contribution in [1.29, 1.82) is 0 Å². The lowest BCUT2D eigenvalue weighted by Crippen LogP contribution is -2.58. The molecule has 1 spiro atoms. The van der Waals surface area contributed by atoms with Gasteiger partial charge in [-0.1, -0.05) is 13.8 Å². The Morgan fingerprint density at radius 2 is 2.21 bits per heavy atom. The van der Waals surface area contributed by atoms with Gasteiger partial charge in [0.1, 0.15) is 6.29 Å². The van der Waals surface area contributed by atoms with E-state index in [1.165, 1.54) is 17.5 Å². The molecule has 2 heterocycles. The van der Waals surface area contributed by atoms with E-state index in [1.807, 2.05) is 13.2 Å². The molecule has 1 saturated carbocycles. The van der Waals surface area contributed by atoms with Gasteiger partial charge in [-0.2, -0.15) is 5.10 Å². The Morgan fingerprint density at radius 1 is 1.39 bits per heavy atom. The molecule has 3 atom stereocenters. The molecule has 3 rings (SSSR count). The van der Waals surface area contributed by atoms with E-state index in [2.05, 4.69) is 46.6 Å². The third kappa shape index (κ3) is 6.03. The molecule has 8 heteroatoms. The predicted molar refractivity (Wildman–Crippen MR) is 130 cm³/mol. The molecule has 3 unspecified atom stereocenters. The highest BCUT2D eigenvalue weighted by atomic mass is 16.5. The van der Waals surface area contributed by atoms with E-state index >= 15 is 0 Å². The SMILES string of the molecule is CNCCN(C)Cc1cn[nH]c1C1CCC2(CC(C)(C)CO2)C(C=O)(CNCCCOC)C1. The lowest BCUT2D eigenvalue weighted by Gasteiger charge is -2.51. The van der Waals surface area contributed by atoms with Crippen LogP contribution in [0.1, 0.15) is 63.1 Å². The fraction of sp³-hybridized carbons (Fsp3) is 0.840. The van der Waals surface area contributed by atoms with Crippen LogP contribution in [0.25, 0.3) is 0 Å². The number of nitrogens with one attached hydrogen (secondary N) is 3. The summed E-state index contributed by atoms with van der Waals surface area (Å²) < 4.78 is 11.7. The highest BCUT2D eigenvalue weighted by Gasteiger charge is 2.60. The molecule has 2 fully saturated rings. The Labute approximate surface area is 199 Å².